The van der Waals surface area contributed by atoms with E-state index in [1.165, 1.54) is 0 Å². The number of esters is 1. The van der Waals surface area contributed by atoms with E-state index in [1.54, 1.807) is 24.3 Å². The second kappa shape index (κ2) is 8.09. The van der Waals surface area contributed by atoms with Gasteiger partial charge < -0.3 is 20.1 Å². The highest BCUT2D eigenvalue weighted by Gasteiger charge is 2.46. The van der Waals surface area contributed by atoms with Crippen LogP contribution in [-0.2, 0) is 16.0 Å². The summed E-state index contributed by atoms with van der Waals surface area (Å²) in [4.78, 5) is 12.2. The number of rotatable bonds is 3. The van der Waals surface area contributed by atoms with Crippen LogP contribution in [0.5, 0.6) is 11.5 Å². The lowest BCUT2D eigenvalue weighted by molar-refractivity contribution is -0.174. The molecule has 0 aliphatic carbocycles. The Balaban J connectivity index is 2.10. The number of carbonyl (C=O) groups is 1. The molecule has 3 rings (SSSR count). The zero-order valence-corrected chi connectivity index (χ0v) is 22.1. The number of halogens is 5. The van der Waals surface area contributed by atoms with Crippen molar-refractivity contribution in [3.05, 3.63) is 56.0 Å². The van der Waals surface area contributed by atoms with Gasteiger partial charge >= 0.3 is 5.97 Å². The van der Waals surface area contributed by atoms with Gasteiger partial charge in [0, 0.05) is 6.42 Å². The molecular weight excluding hydrogens is 778 g/mol. The van der Waals surface area contributed by atoms with Gasteiger partial charge in [0.15, 0.2) is 0 Å². The second-order valence-corrected chi connectivity index (χ2v) is 10.5. The largest absolute Gasteiger partial charge is 0.506 e. The zero-order valence-electron chi connectivity index (χ0n) is 13.1. The fraction of sp³-hybridized carbons (Fsp3) is 0.118. The molecule has 0 saturated heterocycles. The molecule has 0 aromatic heterocycles. The molecule has 1 aliphatic rings. The van der Waals surface area contributed by atoms with Crippen LogP contribution >= 0.6 is 93.0 Å². The van der Waals surface area contributed by atoms with Crippen LogP contribution in [0.3, 0.4) is 0 Å². The Morgan fingerprint density at radius 3 is 2.07 bits per heavy atom. The lowest BCUT2D eigenvalue weighted by atomic mass is 9.93. The molecule has 10 heteroatoms. The Morgan fingerprint density at radius 2 is 1.52 bits per heavy atom. The minimum atomic E-state index is -1.89. The van der Waals surface area contributed by atoms with E-state index in [9.17, 15) is 20.1 Å². The summed E-state index contributed by atoms with van der Waals surface area (Å²) >= 11 is 13.6. The fourth-order valence-corrected chi connectivity index (χ4v) is 6.29. The Kier molecular flexibility index (Phi) is 6.54. The number of cyclic esters (lactones) is 1. The van der Waals surface area contributed by atoms with Gasteiger partial charge in [0.2, 0.25) is 5.79 Å². The molecule has 0 radical (unpaired) electrons. The molecule has 0 fully saturated rings. The molecule has 0 bridgehead atoms. The zero-order chi connectivity index (χ0) is 20.1. The van der Waals surface area contributed by atoms with Gasteiger partial charge in [-0.25, -0.2) is 4.79 Å². The van der Waals surface area contributed by atoms with Crippen LogP contribution in [0.15, 0.2) is 41.3 Å². The summed E-state index contributed by atoms with van der Waals surface area (Å²) in [7, 11) is 0. The van der Waals surface area contributed by atoms with Crippen LogP contribution in [0, 0.1) is 3.57 Å². The first-order valence-corrected chi connectivity index (χ1v) is 11.8. The van der Waals surface area contributed by atoms with Crippen LogP contribution in [0.25, 0.3) is 5.57 Å². The number of hydrogen-bond acceptors (Lipinski definition) is 5. The third-order valence-electron chi connectivity index (χ3n) is 3.88. The topological polar surface area (TPSA) is 87.0 Å². The van der Waals surface area contributed by atoms with Crippen molar-refractivity contribution >= 4 is 105 Å². The number of phenols is 2. The highest BCUT2D eigenvalue weighted by molar-refractivity contribution is 14.1. The van der Waals surface area contributed by atoms with Crippen LogP contribution in [-0.4, -0.2) is 27.1 Å². The Bertz CT molecular complexity index is 962. The number of phenolic OH excluding ortho intramolecular Hbond substituents is 2. The van der Waals surface area contributed by atoms with Crippen molar-refractivity contribution in [3.63, 3.8) is 0 Å². The van der Waals surface area contributed by atoms with Crippen LogP contribution in [0.1, 0.15) is 11.1 Å². The standard InChI is InChI=1S/C17H9Br3I2O5/c18-8-1-6(2-9(19)14(8)23)5-17(26)12(13(22)16(25)27-17)7-3-10(20)15(24)11(21)4-7/h1-4,23-24,26H,5H2. The molecule has 1 heterocycles. The number of aliphatic hydroxyl groups is 1. The summed E-state index contributed by atoms with van der Waals surface area (Å²) in [6.45, 7) is 0. The monoisotopic (exact) mass is 784 g/mol. The van der Waals surface area contributed by atoms with E-state index in [0.29, 0.717) is 33.7 Å². The average molecular weight is 787 g/mol. The first kappa shape index (κ1) is 21.8. The Hall–Kier alpha value is 0.110. The molecule has 3 N–H and O–H groups in total. The average Bonchev–Trinajstić information content (AvgIpc) is 2.78. The molecule has 0 spiro atoms. The van der Waals surface area contributed by atoms with Crippen molar-refractivity contribution in [2.24, 2.45) is 0 Å². The highest BCUT2D eigenvalue weighted by atomic mass is 127. The van der Waals surface area contributed by atoms with E-state index in [2.05, 4.69) is 47.8 Å². The number of aromatic hydroxyl groups is 2. The summed E-state index contributed by atoms with van der Waals surface area (Å²) in [5, 5.41) is 31.1. The van der Waals surface area contributed by atoms with E-state index < -0.39 is 11.8 Å². The first-order chi connectivity index (χ1) is 12.5. The lowest BCUT2D eigenvalue weighted by Crippen LogP contribution is -2.34. The first-order valence-electron chi connectivity index (χ1n) is 7.24. The van der Waals surface area contributed by atoms with E-state index in [0.717, 1.165) is 0 Å². The molecular formula is C17H9Br3I2O5. The van der Waals surface area contributed by atoms with Gasteiger partial charge in [-0.15, -0.1) is 0 Å². The van der Waals surface area contributed by atoms with Gasteiger partial charge in [-0.1, -0.05) is 0 Å². The second-order valence-electron chi connectivity index (χ2n) is 5.74. The summed E-state index contributed by atoms with van der Waals surface area (Å²) in [6, 6.07) is 6.59. The number of carbonyl (C=O) groups excluding carboxylic acids is 1. The molecule has 2 aromatic carbocycles. The molecule has 0 saturated carbocycles. The van der Waals surface area contributed by atoms with Gasteiger partial charge in [-0.2, -0.15) is 0 Å². The van der Waals surface area contributed by atoms with Crippen LogP contribution in [0.4, 0.5) is 0 Å². The molecule has 1 unspecified atom stereocenters. The molecule has 142 valence electrons. The Labute approximate surface area is 206 Å². The van der Waals surface area contributed by atoms with Crippen LogP contribution in [0.2, 0.25) is 0 Å². The minimum absolute atomic E-state index is 0.0207. The smallest absolute Gasteiger partial charge is 0.347 e. The molecule has 27 heavy (non-hydrogen) atoms. The SMILES string of the molecule is O=C1OC(O)(Cc2cc(Br)c(O)c(Br)c2)C(c2cc(Br)c(O)c(I)c2)=C1I. The number of ether oxygens (including phenoxy) is 1. The Morgan fingerprint density at radius 1 is 0.963 bits per heavy atom. The van der Waals surface area contributed by atoms with Crippen molar-refractivity contribution < 1.29 is 24.9 Å². The third kappa shape index (κ3) is 4.20. The maximum atomic E-state index is 12.2. The number of hydrogen-bond donors (Lipinski definition) is 3. The maximum absolute atomic E-state index is 12.2. The molecule has 5 nitrogen and oxygen atoms in total. The van der Waals surface area contributed by atoms with E-state index in [-0.39, 0.29) is 21.5 Å². The maximum Gasteiger partial charge on any atom is 0.347 e. The predicted octanol–water partition coefficient (Wildman–Crippen LogP) is 5.62. The molecule has 0 amide bonds. The van der Waals surface area contributed by atoms with Crippen molar-refractivity contribution in [2.75, 3.05) is 0 Å². The highest BCUT2D eigenvalue weighted by Crippen LogP contribution is 2.46. The van der Waals surface area contributed by atoms with Crippen molar-refractivity contribution in [2.45, 2.75) is 12.2 Å². The molecule has 1 atom stereocenters. The summed E-state index contributed by atoms with van der Waals surface area (Å²) in [5.41, 5.74) is 1.52. The van der Waals surface area contributed by atoms with Crippen molar-refractivity contribution in [1.29, 1.82) is 0 Å². The van der Waals surface area contributed by atoms with Gasteiger partial charge in [0.25, 0.3) is 0 Å². The molecule has 2 aromatic rings. The summed E-state index contributed by atoms with van der Waals surface area (Å²) < 4.78 is 7.47. The molecule has 1 aliphatic heterocycles. The van der Waals surface area contributed by atoms with E-state index >= 15 is 0 Å². The lowest BCUT2D eigenvalue weighted by Gasteiger charge is -2.26. The van der Waals surface area contributed by atoms with Crippen molar-refractivity contribution in [3.8, 4) is 11.5 Å². The summed E-state index contributed by atoms with van der Waals surface area (Å²) in [5.74, 6) is -2.39. The van der Waals surface area contributed by atoms with Crippen LogP contribution < -0.4 is 0 Å². The number of benzene rings is 2. The quantitative estimate of drug-likeness (QED) is 0.278. The van der Waals surface area contributed by atoms with Crippen molar-refractivity contribution in [1.82, 2.24) is 0 Å². The fourth-order valence-electron chi connectivity index (χ4n) is 2.71. The minimum Gasteiger partial charge on any atom is -0.506 e. The van der Waals surface area contributed by atoms with Gasteiger partial charge in [-0.3, -0.25) is 0 Å². The van der Waals surface area contributed by atoms with Gasteiger partial charge in [0.1, 0.15) is 15.1 Å². The van der Waals surface area contributed by atoms with E-state index in [1.807, 2.05) is 45.2 Å². The summed E-state index contributed by atoms with van der Waals surface area (Å²) in [6.07, 6.45) is -0.0207. The van der Waals surface area contributed by atoms with Gasteiger partial charge in [-0.05, 0) is 128 Å². The van der Waals surface area contributed by atoms with E-state index in [4.69, 9.17) is 4.74 Å². The van der Waals surface area contributed by atoms with Gasteiger partial charge in [0.05, 0.1) is 22.6 Å². The predicted molar refractivity (Wildman–Crippen MR) is 128 cm³/mol. The normalized spacial score (nSPS) is 19.6. The third-order valence-corrected chi connectivity index (χ3v) is 7.49.